The van der Waals surface area contributed by atoms with Crippen LogP contribution >= 0.6 is 0 Å². The zero-order valence-electron chi connectivity index (χ0n) is 12.6. The van der Waals surface area contributed by atoms with Crippen LogP contribution in [-0.4, -0.2) is 32.1 Å². The van der Waals surface area contributed by atoms with Gasteiger partial charge in [0, 0.05) is 13.1 Å². The van der Waals surface area contributed by atoms with Gasteiger partial charge < -0.3 is 10.2 Å². The van der Waals surface area contributed by atoms with E-state index in [4.69, 9.17) is 0 Å². The third kappa shape index (κ3) is 5.65. The molecule has 0 bridgehead atoms. The van der Waals surface area contributed by atoms with Crippen molar-refractivity contribution in [2.75, 3.05) is 27.2 Å². The molecule has 1 rings (SSSR count). The van der Waals surface area contributed by atoms with Crippen LogP contribution in [0.5, 0.6) is 0 Å². The van der Waals surface area contributed by atoms with Gasteiger partial charge in [-0.15, -0.1) is 0 Å². The van der Waals surface area contributed by atoms with Crippen LogP contribution in [0.2, 0.25) is 0 Å². The maximum atomic E-state index is 3.22. The van der Waals surface area contributed by atoms with E-state index in [-0.39, 0.29) is 0 Å². The number of likely N-dealkylation sites (N-methyl/N-ethyl adjacent to an activating group) is 1. The smallest absolute Gasteiger partial charge is 0.0233 e. The van der Waals surface area contributed by atoms with Gasteiger partial charge in [0.25, 0.3) is 0 Å². The van der Waals surface area contributed by atoms with Gasteiger partial charge in [0.1, 0.15) is 0 Å². The van der Waals surface area contributed by atoms with Gasteiger partial charge in [-0.3, -0.25) is 0 Å². The standard InChI is InChI=1S/C16H28N2/c1-16(2,3)13-18(5)12-15-9-7-6-8-14(15)10-11-17-4/h6-9,17H,10-13H2,1-5H3. The molecular formula is C16H28N2. The highest BCUT2D eigenvalue weighted by molar-refractivity contribution is 5.27. The van der Waals surface area contributed by atoms with Crippen LogP contribution in [0.1, 0.15) is 31.9 Å². The molecule has 2 nitrogen and oxygen atoms in total. The van der Waals surface area contributed by atoms with Crippen molar-refractivity contribution in [1.29, 1.82) is 0 Å². The highest BCUT2D eigenvalue weighted by atomic mass is 15.1. The molecule has 0 heterocycles. The fourth-order valence-corrected chi connectivity index (χ4v) is 2.37. The number of rotatable bonds is 6. The van der Waals surface area contributed by atoms with Crippen molar-refractivity contribution in [3.8, 4) is 0 Å². The van der Waals surface area contributed by atoms with Gasteiger partial charge in [0.2, 0.25) is 0 Å². The van der Waals surface area contributed by atoms with Crippen LogP contribution < -0.4 is 5.32 Å². The van der Waals surface area contributed by atoms with Crippen LogP contribution in [0.4, 0.5) is 0 Å². The Bertz CT molecular complexity index is 352. The summed E-state index contributed by atoms with van der Waals surface area (Å²) in [6.07, 6.45) is 1.11. The van der Waals surface area contributed by atoms with E-state index in [1.54, 1.807) is 0 Å². The second-order valence-corrected chi connectivity index (χ2v) is 6.36. The summed E-state index contributed by atoms with van der Waals surface area (Å²) >= 11 is 0. The summed E-state index contributed by atoms with van der Waals surface area (Å²) in [5, 5.41) is 3.22. The predicted octanol–water partition coefficient (Wildman–Crippen LogP) is 2.93. The molecular weight excluding hydrogens is 220 g/mol. The molecule has 0 radical (unpaired) electrons. The summed E-state index contributed by atoms with van der Waals surface area (Å²) in [7, 11) is 4.22. The fourth-order valence-electron chi connectivity index (χ4n) is 2.37. The van der Waals surface area contributed by atoms with Crippen molar-refractivity contribution >= 4 is 0 Å². The summed E-state index contributed by atoms with van der Waals surface area (Å²) in [6.45, 7) is 10.1. The summed E-state index contributed by atoms with van der Waals surface area (Å²) in [4.78, 5) is 2.41. The summed E-state index contributed by atoms with van der Waals surface area (Å²) in [5.74, 6) is 0. The van der Waals surface area contributed by atoms with E-state index in [2.05, 4.69) is 62.3 Å². The highest BCUT2D eigenvalue weighted by Gasteiger charge is 2.14. The number of nitrogens with zero attached hydrogens (tertiary/aromatic N) is 1. The first-order valence-corrected chi connectivity index (χ1v) is 6.82. The van der Waals surface area contributed by atoms with Crippen LogP contribution in [-0.2, 0) is 13.0 Å². The van der Waals surface area contributed by atoms with E-state index >= 15 is 0 Å². The van der Waals surface area contributed by atoms with Gasteiger partial charge in [-0.05, 0) is 43.6 Å². The molecule has 102 valence electrons. The zero-order valence-corrected chi connectivity index (χ0v) is 12.6. The molecule has 0 saturated heterocycles. The Hall–Kier alpha value is -0.860. The topological polar surface area (TPSA) is 15.3 Å². The van der Waals surface area contributed by atoms with Crippen LogP contribution in [0.25, 0.3) is 0 Å². The minimum Gasteiger partial charge on any atom is -0.319 e. The lowest BCUT2D eigenvalue weighted by atomic mass is 9.95. The Morgan fingerprint density at radius 3 is 2.28 bits per heavy atom. The number of hydrogen-bond donors (Lipinski definition) is 1. The highest BCUT2D eigenvalue weighted by Crippen LogP contribution is 2.17. The quantitative estimate of drug-likeness (QED) is 0.832. The maximum absolute atomic E-state index is 3.22. The van der Waals surface area contributed by atoms with Crippen molar-refractivity contribution in [2.24, 2.45) is 5.41 Å². The molecule has 0 aliphatic rings. The molecule has 1 aromatic carbocycles. The molecule has 2 heteroatoms. The first-order valence-electron chi connectivity index (χ1n) is 6.82. The summed E-state index contributed by atoms with van der Waals surface area (Å²) in [6, 6.07) is 8.78. The minimum atomic E-state index is 0.356. The molecule has 18 heavy (non-hydrogen) atoms. The van der Waals surface area contributed by atoms with E-state index in [1.165, 1.54) is 11.1 Å². The fraction of sp³-hybridized carbons (Fsp3) is 0.625. The Morgan fingerprint density at radius 2 is 1.72 bits per heavy atom. The minimum absolute atomic E-state index is 0.356. The molecule has 0 saturated carbocycles. The summed E-state index contributed by atoms with van der Waals surface area (Å²) in [5.41, 5.74) is 3.28. The first kappa shape index (κ1) is 15.2. The Kier molecular flexibility index (Phi) is 5.83. The van der Waals surface area contributed by atoms with Crippen LogP contribution in [0.3, 0.4) is 0 Å². The molecule has 0 aliphatic heterocycles. The predicted molar refractivity (Wildman–Crippen MR) is 79.9 cm³/mol. The second kappa shape index (κ2) is 6.91. The average molecular weight is 248 g/mol. The molecule has 0 fully saturated rings. The molecule has 0 spiro atoms. The third-order valence-corrected chi connectivity index (χ3v) is 2.95. The largest absolute Gasteiger partial charge is 0.319 e. The van der Waals surface area contributed by atoms with E-state index in [0.717, 1.165) is 26.1 Å². The SMILES string of the molecule is CNCCc1ccccc1CN(C)CC(C)(C)C. The number of nitrogens with one attached hydrogen (secondary N) is 1. The van der Waals surface area contributed by atoms with Crippen molar-refractivity contribution in [3.05, 3.63) is 35.4 Å². The van der Waals surface area contributed by atoms with Gasteiger partial charge >= 0.3 is 0 Å². The molecule has 1 aromatic rings. The number of hydrogen-bond acceptors (Lipinski definition) is 2. The van der Waals surface area contributed by atoms with E-state index in [9.17, 15) is 0 Å². The maximum Gasteiger partial charge on any atom is 0.0233 e. The van der Waals surface area contributed by atoms with Gasteiger partial charge in [0.15, 0.2) is 0 Å². The first-order chi connectivity index (χ1) is 8.42. The Balaban J connectivity index is 2.65. The van der Waals surface area contributed by atoms with Gasteiger partial charge in [0.05, 0.1) is 0 Å². The third-order valence-electron chi connectivity index (χ3n) is 2.95. The molecule has 0 aliphatic carbocycles. The zero-order chi connectivity index (χ0) is 13.6. The van der Waals surface area contributed by atoms with Crippen molar-refractivity contribution in [2.45, 2.75) is 33.7 Å². The number of benzene rings is 1. The van der Waals surface area contributed by atoms with E-state index in [0.29, 0.717) is 5.41 Å². The molecule has 0 unspecified atom stereocenters. The Labute approximate surface area is 112 Å². The van der Waals surface area contributed by atoms with Gasteiger partial charge in [-0.2, -0.15) is 0 Å². The lowest BCUT2D eigenvalue weighted by Crippen LogP contribution is -2.29. The average Bonchev–Trinajstić information content (AvgIpc) is 2.25. The van der Waals surface area contributed by atoms with Crippen molar-refractivity contribution < 1.29 is 0 Å². The molecule has 0 atom stereocenters. The van der Waals surface area contributed by atoms with E-state index < -0.39 is 0 Å². The Morgan fingerprint density at radius 1 is 1.11 bits per heavy atom. The lowest BCUT2D eigenvalue weighted by molar-refractivity contribution is 0.220. The van der Waals surface area contributed by atoms with Crippen molar-refractivity contribution in [1.82, 2.24) is 10.2 Å². The van der Waals surface area contributed by atoms with Crippen LogP contribution in [0, 0.1) is 5.41 Å². The van der Waals surface area contributed by atoms with Gasteiger partial charge in [-0.1, -0.05) is 45.0 Å². The second-order valence-electron chi connectivity index (χ2n) is 6.36. The molecule has 0 aromatic heterocycles. The van der Waals surface area contributed by atoms with Gasteiger partial charge in [-0.25, -0.2) is 0 Å². The van der Waals surface area contributed by atoms with E-state index in [1.807, 2.05) is 7.05 Å². The van der Waals surface area contributed by atoms with Crippen LogP contribution in [0.15, 0.2) is 24.3 Å². The monoisotopic (exact) mass is 248 g/mol. The molecule has 1 N–H and O–H groups in total. The van der Waals surface area contributed by atoms with Crippen molar-refractivity contribution in [3.63, 3.8) is 0 Å². The molecule has 0 amide bonds. The summed E-state index contributed by atoms with van der Waals surface area (Å²) < 4.78 is 0. The lowest BCUT2D eigenvalue weighted by Gasteiger charge is -2.27. The normalized spacial score (nSPS) is 12.1.